The van der Waals surface area contributed by atoms with Crippen molar-refractivity contribution in [2.75, 3.05) is 0 Å². The maximum atomic E-state index is 2.23. The van der Waals surface area contributed by atoms with Crippen LogP contribution in [0.5, 0.6) is 0 Å². The molecule has 0 saturated carbocycles. The second-order valence-electron chi connectivity index (χ2n) is 0.854. The summed E-state index contributed by atoms with van der Waals surface area (Å²) < 4.78 is 1.51. The fourth-order valence-corrected chi connectivity index (χ4v) is 0. The van der Waals surface area contributed by atoms with Crippen molar-refractivity contribution in [1.29, 1.82) is 0 Å². The van der Waals surface area contributed by atoms with Crippen molar-refractivity contribution >= 4 is 0 Å². The van der Waals surface area contributed by atoms with Gasteiger partial charge < -0.3 is 0 Å². The van der Waals surface area contributed by atoms with Crippen LogP contribution < -0.4 is 0 Å². The molecule has 0 unspecified atom stereocenters. The second kappa shape index (κ2) is 3.94. The third kappa shape index (κ3) is 2.94. The molecule has 0 saturated heterocycles. The molecule has 0 aromatic carbocycles. The van der Waals surface area contributed by atoms with Gasteiger partial charge >= 0.3 is 43.4 Å². The quantitative estimate of drug-likeness (QED) is 0.610. The summed E-state index contributed by atoms with van der Waals surface area (Å²) in [4.78, 5) is 0. The summed E-state index contributed by atoms with van der Waals surface area (Å²) in [5, 5.41) is 0. The zero-order chi connectivity index (χ0) is 3.41. The number of hydrogen-bond donors (Lipinski definition) is 0. The molecule has 1 heteroatoms. The van der Waals surface area contributed by atoms with Gasteiger partial charge in [-0.15, -0.1) is 0 Å². The van der Waals surface area contributed by atoms with Gasteiger partial charge in [0.25, 0.3) is 0 Å². The molecule has 0 rings (SSSR count). The molecule has 0 heterocycles. The molecule has 0 N–H and O–H groups in total. The third-order valence-corrected chi connectivity index (χ3v) is 3.10. The molecule has 0 aliphatic rings. The zero-order valence-electron chi connectivity index (χ0n) is 3.12. The van der Waals surface area contributed by atoms with Gasteiger partial charge in [-0.1, -0.05) is 0 Å². The summed E-state index contributed by atoms with van der Waals surface area (Å²) in [5.74, 6) is 0. The van der Waals surface area contributed by atoms with Gasteiger partial charge in [-0.25, -0.2) is 0 Å². The summed E-state index contributed by atoms with van der Waals surface area (Å²) >= 11 is 1.07. The van der Waals surface area contributed by atoms with E-state index in [9.17, 15) is 0 Å². The minimum atomic E-state index is 1.07. The average Bonchev–Trinajstić information content (AvgIpc) is 1.37. The standard InChI is InChI=1S/C3H7.Hg/c1-3-2;/h1,3H2,2H3;. The van der Waals surface area contributed by atoms with Gasteiger partial charge in [0.15, 0.2) is 0 Å². The molecular weight excluding hydrogens is 237 g/mol. The van der Waals surface area contributed by atoms with E-state index in [2.05, 4.69) is 6.92 Å². The van der Waals surface area contributed by atoms with Gasteiger partial charge in [-0.3, -0.25) is 0 Å². The second-order valence-corrected chi connectivity index (χ2v) is 3.60. The Kier molecular flexibility index (Phi) is 4.85. The van der Waals surface area contributed by atoms with Crippen molar-refractivity contribution in [2.24, 2.45) is 0 Å². The molecule has 0 fully saturated rings. The van der Waals surface area contributed by atoms with E-state index in [1.807, 2.05) is 0 Å². The fraction of sp³-hybridized carbons (Fsp3) is 1.00. The van der Waals surface area contributed by atoms with Gasteiger partial charge in [-0.05, 0) is 0 Å². The molecule has 0 spiro atoms. The number of rotatable bonds is 1. The molecule has 4 heavy (non-hydrogen) atoms. The van der Waals surface area contributed by atoms with Gasteiger partial charge in [-0.2, -0.15) is 0 Å². The maximum absolute atomic E-state index is 2.23. The number of hydrogen-bond acceptors (Lipinski definition) is 0. The molecule has 0 aromatic heterocycles. The molecule has 0 radical (unpaired) electrons. The van der Waals surface area contributed by atoms with Crippen molar-refractivity contribution in [3.8, 4) is 0 Å². The summed E-state index contributed by atoms with van der Waals surface area (Å²) in [6, 6.07) is 0. The van der Waals surface area contributed by atoms with E-state index in [1.165, 1.54) is 10.4 Å². The summed E-state index contributed by atoms with van der Waals surface area (Å²) in [7, 11) is 0. The van der Waals surface area contributed by atoms with E-state index >= 15 is 0 Å². The predicted octanol–water partition coefficient (Wildman–Crippen LogP) is 1.36. The van der Waals surface area contributed by atoms with Crippen molar-refractivity contribution < 1.29 is 26.1 Å². The van der Waals surface area contributed by atoms with Crippen LogP contribution in [0.15, 0.2) is 0 Å². The minimum absolute atomic E-state index is 1.07. The molecule has 21 valence electrons. The summed E-state index contributed by atoms with van der Waals surface area (Å²) in [6.45, 7) is 2.23. The van der Waals surface area contributed by atoms with Gasteiger partial charge in [0.1, 0.15) is 0 Å². The molecule has 0 atom stereocenters. The van der Waals surface area contributed by atoms with E-state index in [1.54, 1.807) is 0 Å². The van der Waals surface area contributed by atoms with Crippen LogP contribution in [0.3, 0.4) is 0 Å². The Morgan fingerprint density at radius 2 is 2.00 bits per heavy atom. The Balaban J connectivity index is 1.97. The van der Waals surface area contributed by atoms with E-state index in [0.29, 0.717) is 0 Å². The average molecular weight is 244 g/mol. The predicted molar refractivity (Wildman–Crippen MR) is 15.1 cm³/mol. The van der Waals surface area contributed by atoms with Crippen molar-refractivity contribution in [3.63, 3.8) is 0 Å². The van der Waals surface area contributed by atoms with Gasteiger partial charge in [0.05, 0.1) is 0 Å². The van der Waals surface area contributed by atoms with Crippen LogP contribution in [0.1, 0.15) is 13.3 Å². The Labute approximate surface area is 43.6 Å². The van der Waals surface area contributed by atoms with Gasteiger partial charge in [0.2, 0.25) is 0 Å². The van der Waals surface area contributed by atoms with E-state index in [4.69, 9.17) is 0 Å². The first kappa shape index (κ1) is 4.94. The van der Waals surface area contributed by atoms with Crippen molar-refractivity contribution in [1.82, 2.24) is 0 Å². The Morgan fingerprint density at radius 1 is 1.75 bits per heavy atom. The monoisotopic (exact) mass is 245 g/mol. The fourth-order valence-electron chi connectivity index (χ4n) is 0. The SMILES string of the molecule is CC[CH2][Hg]. The van der Waals surface area contributed by atoms with Crippen molar-refractivity contribution in [3.05, 3.63) is 0 Å². The van der Waals surface area contributed by atoms with Crippen LogP contribution in [0, 0.1) is 0 Å². The Hall–Kier alpha value is 0.935. The molecule has 0 nitrogen and oxygen atoms in total. The molecule has 0 aliphatic carbocycles. The van der Waals surface area contributed by atoms with E-state index in [0.717, 1.165) is 26.1 Å². The Bertz CT molecular complexity index is 5.25. The summed E-state index contributed by atoms with van der Waals surface area (Å²) in [5.41, 5.74) is 0. The molecule has 0 aliphatic heterocycles. The van der Waals surface area contributed by atoms with Crippen LogP contribution in [-0.2, 0) is 26.1 Å². The first-order valence-corrected chi connectivity index (χ1v) is 5.59. The van der Waals surface area contributed by atoms with Crippen LogP contribution in [-0.4, -0.2) is 0 Å². The van der Waals surface area contributed by atoms with Crippen molar-refractivity contribution in [2.45, 2.75) is 17.3 Å². The van der Waals surface area contributed by atoms with E-state index < -0.39 is 0 Å². The molecule has 0 amide bonds. The topological polar surface area (TPSA) is 0 Å². The first-order valence-electron chi connectivity index (χ1n) is 1.71. The van der Waals surface area contributed by atoms with Gasteiger partial charge in [0, 0.05) is 0 Å². The third-order valence-electron chi connectivity index (χ3n) is 0.354. The Morgan fingerprint density at radius 3 is 2.00 bits per heavy atom. The first-order chi connectivity index (χ1) is 1.91. The van der Waals surface area contributed by atoms with E-state index in [-0.39, 0.29) is 0 Å². The normalized spacial score (nSPS) is 7.75. The molecular formula is C3H7Hg. The van der Waals surface area contributed by atoms with Crippen LogP contribution in [0.25, 0.3) is 0 Å². The van der Waals surface area contributed by atoms with Crippen LogP contribution in [0.2, 0.25) is 3.93 Å². The molecule has 0 bridgehead atoms. The summed E-state index contributed by atoms with van der Waals surface area (Å²) in [6.07, 6.45) is 1.41. The molecule has 0 aromatic rings. The van der Waals surface area contributed by atoms with Crippen LogP contribution >= 0.6 is 0 Å². The zero-order valence-corrected chi connectivity index (χ0v) is 8.62. The van der Waals surface area contributed by atoms with Crippen LogP contribution in [0.4, 0.5) is 0 Å².